The Morgan fingerprint density at radius 2 is 1.50 bits per heavy atom. The highest BCUT2D eigenvalue weighted by atomic mass is 33.1. The maximum atomic E-state index is 5.80. The summed E-state index contributed by atoms with van der Waals surface area (Å²) in [7, 11) is 3.84. The number of hydrogen-bond donors (Lipinski definition) is 2. The van der Waals surface area contributed by atoms with Gasteiger partial charge in [0.05, 0.1) is 11.4 Å². The standard InChI is InChI=1S/C17H25N5S2/c1-2-23-24-11-5-10-22(12-14-6-3-8-16(18)20-14)13-15-7-4-9-17(19)21-15/h3-4,6-9H,2,5,10-13H2,1H3,(H2,18,20)(H2,19,21). The molecule has 0 aromatic carbocycles. The van der Waals surface area contributed by atoms with Crippen LogP contribution in [0, 0.1) is 0 Å². The number of pyridine rings is 2. The summed E-state index contributed by atoms with van der Waals surface area (Å²) in [6.07, 6.45) is 1.13. The van der Waals surface area contributed by atoms with E-state index in [-0.39, 0.29) is 0 Å². The van der Waals surface area contributed by atoms with E-state index in [4.69, 9.17) is 11.5 Å². The van der Waals surface area contributed by atoms with Crippen molar-refractivity contribution in [2.24, 2.45) is 0 Å². The molecule has 2 aromatic heterocycles. The molecule has 0 bridgehead atoms. The molecule has 7 heteroatoms. The van der Waals surface area contributed by atoms with E-state index >= 15 is 0 Å². The van der Waals surface area contributed by atoms with Crippen molar-refractivity contribution >= 4 is 33.2 Å². The second kappa shape index (κ2) is 10.4. The molecule has 2 aromatic rings. The molecule has 0 fully saturated rings. The summed E-state index contributed by atoms with van der Waals surface area (Å²) in [6.45, 7) is 4.69. The van der Waals surface area contributed by atoms with E-state index in [1.54, 1.807) is 0 Å². The van der Waals surface area contributed by atoms with Gasteiger partial charge in [0.1, 0.15) is 11.6 Å². The second-order valence-corrected chi connectivity index (χ2v) is 8.27. The first-order valence-electron chi connectivity index (χ1n) is 8.07. The van der Waals surface area contributed by atoms with Crippen LogP contribution in [0.4, 0.5) is 11.6 Å². The number of nitrogens with two attached hydrogens (primary N) is 2. The summed E-state index contributed by atoms with van der Waals surface area (Å²) in [4.78, 5) is 11.2. The quantitative estimate of drug-likeness (QED) is 0.494. The van der Waals surface area contributed by atoms with Crippen molar-refractivity contribution in [1.82, 2.24) is 14.9 Å². The van der Waals surface area contributed by atoms with Crippen LogP contribution in [0.2, 0.25) is 0 Å². The van der Waals surface area contributed by atoms with Gasteiger partial charge < -0.3 is 11.5 Å². The molecule has 24 heavy (non-hydrogen) atoms. The van der Waals surface area contributed by atoms with E-state index in [1.807, 2.05) is 58.0 Å². The highest BCUT2D eigenvalue weighted by Crippen LogP contribution is 2.21. The number of rotatable bonds is 10. The van der Waals surface area contributed by atoms with Crippen LogP contribution in [0.25, 0.3) is 0 Å². The van der Waals surface area contributed by atoms with Gasteiger partial charge in [-0.15, -0.1) is 0 Å². The fraction of sp³-hybridized carbons (Fsp3) is 0.412. The van der Waals surface area contributed by atoms with Gasteiger partial charge >= 0.3 is 0 Å². The first kappa shape index (κ1) is 18.9. The summed E-state index contributed by atoms with van der Waals surface area (Å²) in [5, 5.41) is 0. The predicted molar refractivity (Wildman–Crippen MR) is 107 cm³/mol. The average Bonchev–Trinajstić information content (AvgIpc) is 2.54. The van der Waals surface area contributed by atoms with Crippen LogP contribution >= 0.6 is 21.6 Å². The zero-order chi connectivity index (χ0) is 17.2. The van der Waals surface area contributed by atoms with Gasteiger partial charge in [-0.25, -0.2) is 9.97 Å². The molecule has 0 saturated heterocycles. The first-order chi connectivity index (χ1) is 11.7. The van der Waals surface area contributed by atoms with Gasteiger partial charge in [-0.3, -0.25) is 4.90 Å². The zero-order valence-corrected chi connectivity index (χ0v) is 15.7. The smallest absolute Gasteiger partial charge is 0.123 e. The van der Waals surface area contributed by atoms with Gasteiger partial charge in [-0.05, 0) is 37.2 Å². The van der Waals surface area contributed by atoms with Crippen molar-refractivity contribution in [3.05, 3.63) is 47.8 Å². The highest BCUT2D eigenvalue weighted by molar-refractivity contribution is 8.76. The van der Waals surface area contributed by atoms with E-state index in [2.05, 4.69) is 21.8 Å². The Balaban J connectivity index is 1.97. The van der Waals surface area contributed by atoms with Gasteiger partial charge in [0.15, 0.2) is 0 Å². The molecule has 0 aliphatic carbocycles. The molecule has 130 valence electrons. The van der Waals surface area contributed by atoms with Crippen molar-refractivity contribution in [1.29, 1.82) is 0 Å². The fourth-order valence-electron chi connectivity index (χ4n) is 2.33. The number of hydrogen-bond acceptors (Lipinski definition) is 7. The van der Waals surface area contributed by atoms with E-state index in [0.717, 1.165) is 48.9 Å². The van der Waals surface area contributed by atoms with Gasteiger partial charge in [0, 0.05) is 24.6 Å². The summed E-state index contributed by atoms with van der Waals surface area (Å²) >= 11 is 0. The molecule has 0 amide bonds. The van der Waals surface area contributed by atoms with Gasteiger partial charge in [-0.2, -0.15) is 0 Å². The van der Waals surface area contributed by atoms with Crippen LogP contribution in [0.15, 0.2) is 36.4 Å². The lowest BCUT2D eigenvalue weighted by Gasteiger charge is -2.21. The Labute approximate surface area is 152 Å². The molecule has 0 aliphatic heterocycles. The van der Waals surface area contributed by atoms with E-state index in [1.165, 1.54) is 0 Å². The average molecular weight is 364 g/mol. The van der Waals surface area contributed by atoms with Crippen LogP contribution in [-0.4, -0.2) is 32.9 Å². The summed E-state index contributed by atoms with van der Waals surface area (Å²) in [5.74, 6) is 3.41. The van der Waals surface area contributed by atoms with E-state index in [0.29, 0.717) is 11.6 Å². The number of anilines is 2. The number of nitrogen functional groups attached to an aromatic ring is 2. The SMILES string of the molecule is CCSSCCCN(Cc1cccc(N)n1)Cc1cccc(N)n1. The molecule has 5 nitrogen and oxygen atoms in total. The van der Waals surface area contributed by atoms with Crippen molar-refractivity contribution < 1.29 is 0 Å². The van der Waals surface area contributed by atoms with Crippen molar-refractivity contribution in [3.63, 3.8) is 0 Å². The van der Waals surface area contributed by atoms with Crippen LogP contribution in [-0.2, 0) is 13.1 Å². The monoisotopic (exact) mass is 363 g/mol. The van der Waals surface area contributed by atoms with Crippen LogP contribution in [0.3, 0.4) is 0 Å². The minimum atomic E-state index is 0.560. The van der Waals surface area contributed by atoms with E-state index in [9.17, 15) is 0 Å². The van der Waals surface area contributed by atoms with E-state index < -0.39 is 0 Å². The summed E-state index contributed by atoms with van der Waals surface area (Å²) < 4.78 is 0. The third-order valence-corrected chi connectivity index (χ3v) is 5.90. The Kier molecular flexibility index (Phi) is 8.21. The summed E-state index contributed by atoms with van der Waals surface area (Å²) in [6, 6.07) is 11.5. The Morgan fingerprint density at radius 3 is 2.00 bits per heavy atom. The maximum absolute atomic E-state index is 5.80. The lowest BCUT2D eigenvalue weighted by Crippen LogP contribution is -2.25. The largest absolute Gasteiger partial charge is 0.384 e. The fourth-order valence-corrected chi connectivity index (χ4v) is 4.07. The lowest BCUT2D eigenvalue weighted by atomic mass is 10.2. The zero-order valence-electron chi connectivity index (χ0n) is 14.0. The summed E-state index contributed by atoms with van der Waals surface area (Å²) in [5.41, 5.74) is 13.6. The minimum Gasteiger partial charge on any atom is -0.384 e. The van der Waals surface area contributed by atoms with Crippen LogP contribution in [0.1, 0.15) is 24.7 Å². The van der Waals surface area contributed by atoms with Gasteiger partial charge in [-0.1, -0.05) is 40.6 Å². The van der Waals surface area contributed by atoms with Gasteiger partial charge in [0.25, 0.3) is 0 Å². The van der Waals surface area contributed by atoms with Crippen LogP contribution in [0.5, 0.6) is 0 Å². The molecule has 0 unspecified atom stereocenters. The maximum Gasteiger partial charge on any atom is 0.123 e. The van der Waals surface area contributed by atoms with Crippen LogP contribution < -0.4 is 11.5 Å². The van der Waals surface area contributed by atoms with Gasteiger partial charge in [0.2, 0.25) is 0 Å². The molecule has 0 spiro atoms. The topological polar surface area (TPSA) is 81.1 Å². The number of nitrogens with zero attached hydrogens (tertiary/aromatic N) is 3. The molecular formula is C17H25N5S2. The molecule has 2 rings (SSSR count). The normalized spacial score (nSPS) is 11.1. The lowest BCUT2D eigenvalue weighted by molar-refractivity contribution is 0.252. The molecule has 0 aliphatic rings. The molecular weight excluding hydrogens is 338 g/mol. The highest BCUT2D eigenvalue weighted by Gasteiger charge is 2.09. The minimum absolute atomic E-state index is 0.560. The Morgan fingerprint density at radius 1 is 0.917 bits per heavy atom. The Bertz CT molecular complexity index is 576. The Hall–Kier alpha value is -1.44. The molecule has 0 atom stereocenters. The first-order valence-corrected chi connectivity index (χ1v) is 10.6. The molecule has 4 N–H and O–H groups in total. The third-order valence-electron chi connectivity index (χ3n) is 3.33. The number of aromatic nitrogens is 2. The molecule has 0 radical (unpaired) electrons. The van der Waals surface area contributed by atoms with Crippen molar-refractivity contribution in [3.8, 4) is 0 Å². The predicted octanol–water partition coefficient (Wildman–Crippen LogP) is 3.43. The van der Waals surface area contributed by atoms with Crippen molar-refractivity contribution in [2.75, 3.05) is 29.5 Å². The van der Waals surface area contributed by atoms with Crippen molar-refractivity contribution in [2.45, 2.75) is 26.4 Å². The molecule has 0 saturated carbocycles. The molecule has 2 heterocycles. The second-order valence-electron chi connectivity index (χ2n) is 5.40. The third kappa shape index (κ3) is 6.98.